The molecule has 1 amide bonds. The second kappa shape index (κ2) is 9.87. The standard InChI is InChI=1S/C26H37NO5/c1-15(23(29)18(4)28)10-9-13-20-24(32-5)17(3)16(2)22-21(27-25(30)26(20,22)31)14-19-11-7-6-8-12-19/h6-9,11-13,15,18,20-24,28-29,31H,10,14H2,1-5H3,(H,27,30)/b13-9+/t15-,18-,20-,21-,22-,23-,24+,26+/m0/s1. The number of rotatable bonds is 8. The van der Waals surface area contributed by atoms with Crippen molar-refractivity contribution in [2.75, 3.05) is 7.11 Å². The van der Waals surface area contributed by atoms with Gasteiger partial charge in [-0.25, -0.2) is 0 Å². The van der Waals surface area contributed by atoms with E-state index in [2.05, 4.69) is 5.32 Å². The summed E-state index contributed by atoms with van der Waals surface area (Å²) in [5.41, 5.74) is 1.51. The third-order valence-electron chi connectivity index (χ3n) is 7.39. The highest BCUT2D eigenvalue weighted by molar-refractivity contribution is 5.90. The molecular weight excluding hydrogens is 406 g/mol. The Morgan fingerprint density at radius 1 is 1.16 bits per heavy atom. The molecule has 1 fully saturated rings. The molecule has 4 N–H and O–H groups in total. The highest BCUT2D eigenvalue weighted by atomic mass is 16.5. The van der Waals surface area contributed by atoms with Crippen LogP contribution in [0.2, 0.25) is 0 Å². The van der Waals surface area contributed by atoms with E-state index in [9.17, 15) is 20.1 Å². The summed E-state index contributed by atoms with van der Waals surface area (Å²) < 4.78 is 5.77. The van der Waals surface area contributed by atoms with Crippen molar-refractivity contribution >= 4 is 5.91 Å². The number of carbonyl (C=O) groups excluding carboxylic acids is 1. The molecule has 0 radical (unpaired) electrons. The Labute approximate surface area is 191 Å². The molecular formula is C26H37NO5. The number of hydrogen-bond acceptors (Lipinski definition) is 5. The molecule has 3 rings (SSSR count). The van der Waals surface area contributed by atoms with Gasteiger partial charge in [-0.2, -0.15) is 0 Å². The van der Waals surface area contributed by atoms with Gasteiger partial charge in [0.25, 0.3) is 5.91 Å². The number of amides is 1. The maximum atomic E-state index is 13.2. The van der Waals surface area contributed by atoms with Crippen LogP contribution in [0, 0.1) is 17.8 Å². The van der Waals surface area contributed by atoms with Crippen LogP contribution in [0.1, 0.15) is 39.7 Å². The second-order valence-electron chi connectivity index (χ2n) is 9.49. The number of aliphatic hydroxyl groups excluding tert-OH is 2. The summed E-state index contributed by atoms with van der Waals surface area (Å²) in [6, 6.07) is 9.76. The highest BCUT2D eigenvalue weighted by Crippen LogP contribution is 2.49. The average molecular weight is 444 g/mol. The van der Waals surface area contributed by atoms with Crippen LogP contribution in [0.3, 0.4) is 0 Å². The van der Waals surface area contributed by atoms with E-state index >= 15 is 0 Å². The minimum absolute atomic E-state index is 0.164. The molecule has 1 heterocycles. The van der Waals surface area contributed by atoms with Crippen molar-refractivity contribution in [1.82, 2.24) is 5.32 Å². The maximum Gasteiger partial charge on any atom is 0.253 e. The Morgan fingerprint density at radius 3 is 2.41 bits per heavy atom. The number of hydrogen-bond donors (Lipinski definition) is 4. The third-order valence-corrected chi connectivity index (χ3v) is 7.39. The molecule has 1 saturated heterocycles. The van der Waals surface area contributed by atoms with Gasteiger partial charge >= 0.3 is 0 Å². The van der Waals surface area contributed by atoms with Gasteiger partial charge in [0, 0.05) is 25.0 Å². The van der Waals surface area contributed by atoms with E-state index in [0.29, 0.717) is 12.8 Å². The summed E-state index contributed by atoms with van der Waals surface area (Å²) in [5.74, 6) is -1.46. The third kappa shape index (κ3) is 4.42. The Hall–Kier alpha value is -1.99. The molecule has 1 aliphatic heterocycles. The Morgan fingerprint density at radius 2 is 1.81 bits per heavy atom. The van der Waals surface area contributed by atoms with Crippen molar-refractivity contribution in [2.24, 2.45) is 17.8 Å². The van der Waals surface area contributed by atoms with E-state index in [-0.39, 0.29) is 23.8 Å². The van der Waals surface area contributed by atoms with Crippen molar-refractivity contribution in [1.29, 1.82) is 0 Å². The van der Waals surface area contributed by atoms with Crippen molar-refractivity contribution in [3.63, 3.8) is 0 Å². The monoisotopic (exact) mass is 443 g/mol. The molecule has 0 spiro atoms. The first-order chi connectivity index (χ1) is 15.1. The first-order valence-corrected chi connectivity index (χ1v) is 11.4. The van der Waals surface area contributed by atoms with Crippen LogP contribution >= 0.6 is 0 Å². The van der Waals surface area contributed by atoms with Crippen molar-refractivity contribution in [3.8, 4) is 0 Å². The summed E-state index contributed by atoms with van der Waals surface area (Å²) in [5, 5.41) is 34.7. The Bertz CT molecular complexity index is 864. The van der Waals surface area contributed by atoms with Gasteiger partial charge in [0.15, 0.2) is 5.60 Å². The lowest BCUT2D eigenvalue weighted by Gasteiger charge is -2.45. The Balaban J connectivity index is 1.92. The fraction of sp³-hybridized carbons (Fsp3) is 0.577. The van der Waals surface area contributed by atoms with E-state index in [4.69, 9.17) is 4.74 Å². The molecule has 6 nitrogen and oxygen atoms in total. The number of methoxy groups -OCH3 is 1. The zero-order chi connectivity index (χ0) is 23.6. The lowest BCUT2D eigenvalue weighted by atomic mass is 9.63. The van der Waals surface area contributed by atoms with Gasteiger partial charge in [0.05, 0.1) is 18.3 Å². The SMILES string of the molecule is CO[C@@H]1C(C)=C(C)[C@H]2[C@H](Cc3ccccc3)NC(=O)[C@@]2(O)[C@H]1/C=C/C[C@H](C)[C@H](O)[C@H](C)O. The summed E-state index contributed by atoms with van der Waals surface area (Å²) in [6.07, 6.45) is 2.80. The summed E-state index contributed by atoms with van der Waals surface area (Å²) in [7, 11) is 1.60. The molecule has 0 bridgehead atoms. The fourth-order valence-electron chi connectivity index (χ4n) is 5.44. The van der Waals surface area contributed by atoms with Crippen LogP contribution in [0.25, 0.3) is 0 Å². The van der Waals surface area contributed by atoms with Gasteiger partial charge in [-0.15, -0.1) is 0 Å². The molecule has 1 aromatic rings. The van der Waals surface area contributed by atoms with Gasteiger partial charge in [0.1, 0.15) is 0 Å². The van der Waals surface area contributed by atoms with E-state index in [1.807, 2.05) is 63.3 Å². The molecule has 1 aliphatic carbocycles. The fourth-order valence-corrected chi connectivity index (χ4v) is 5.44. The number of fused-ring (bicyclic) bond motifs is 1. The largest absolute Gasteiger partial charge is 0.391 e. The topological polar surface area (TPSA) is 99.0 Å². The summed E-state index contributed by atoms with van der Waals surface area (Å²) in [6.45, 7) is 7.41. The lowest BCUT2D eigenvalue weighted by Crippen LogP contribution is -2.57. The first-order valence-electron chi connectivity index (χ1n) is 11.4. The number of aliphatic hydroxyl groups is 3. The number of nitrogens with one attached hydrogen (secondary N) is 1. The van der Waals surface area contributed by atoms with Crippen LogP contribution < -0.4 is 5.32 Å². The maximum absolute atomic E-state index is 13.2. The average Bonchev–Trinajstić information content (AvgIpc) is 3.02. The van der Waals surface area contributed by atoms with Gasteiger partial charge in [-0.1, -0.05) is 55.0 Å². The van der Waals surface area contributed by atoms with Crippen LogP contribution in [0.4, 0.5) is 0 Å². The number of ether oxygens (including phenoxy) is 1. The van der Waals surface area contributed by atoms with Crippen LogP contribution in [0.5, 0.6) is 0 Å². The second-order valence-corrected chi connectivity index (χ2v) is 9.49. The van der Waals surface area contributed by atoms with Crippen molar-refractivity contribution < 1.29 is 24.9 Å². The zero-order valence-corrected chi connectivity index (χ0v) is 19.7. The van der Waals surface area contributed by atoms with Gasteiger partial charge in [-0.05, 0) is 50.7 Å². The molecule has 6 heteroatoms. The minimum atomic E-state index is -1.62. The van der Waals surface area contributed by atoms with Gasteiger partial charge in [0.2, 0.25) is 0 Å². The normalized spacial score (nSPS) is 33.2. The Kier molecular flexibility index (Phi) is 7.61. The summed E-state index contributed by atoms with van der Waals surface area (Å²) in [4.78, 5) is 13.2. The number of allylic oxidation sites excluding steroid dienone is 1. The number of benzene rings is 1. The van der Waals surface area contributed by atoms with E-state index in [1.54, 1.807) is 14.0 Å². The number of carbonyl (C=O) groups is 1. The van der Waals surface area contributed by atoms with Gasteiger partial charge < -0.3 is 25.4 Å². The molecule has 0 aromatic heterocycles. The van der Waals surface area contributed by atoms with Crippen LogP contribution in [0.15, 0.2) is 53.6 Å². The molecule has 2 aliphatic rings. The molecule has 1 aromatic carbocycles. The predicted octanol–water partition coefficient (Wildman–Crippen LogP) is 2.38. The van der Waals surface area contributed by atoms with E-state index < -0.39 is 29.8 Å². The molecule has 8 atom stereocenters. The first kappa shape index (κ1) is 24.6. The molecule has 0 unspecified atom stereocenters. The quantitative estimate of drug-likeness (QED) is 0.463. The summed E-state index contributed by atoms with van der Waals surface area (Å²) >= 11 is 0. The predicted molar refractivity (Wildman–Crippen MR) is 124 cm³/mol. The molecule has 176 valence electrons. The van der Waals surface area contributed by atoms with E-state index in [0.717, 1.165) is 16.7 Å². The van der Waals surface area contributed by atoms with E-state index in [1.165, 1.54) is 0 Å². The minimum Gasteiger partial charge on any atom is -0.391 e. The highest BCUT2D eigenvalue weighted by Gasteiger charge is 2.62. The van der Waals surface area contributed by atoms with Crippen LogP contribution in [-0.4, -0.2) is 58.3 Å². The van der Waals surface area contributed by atoms with Gasteiger partial charge in [-0.3, -0.25) is 4.79 Å². The smallest absolute Gasteiger partial charge is 0.253 e. The van der Waals surface area contributed by atoms with Crippen molar-refractivity contribution in [2.45, 2.75) is 70.5 Å². The van der Waals surface area contributed by atoms with Crippen molar-refractivity contribution in [3.05, 3.63) is 59.2 Å². The lowest BCUT2D eigenvalue weighted by molar-refractivity contribution is -0.148. The zero-order valence-electron chi connectivity index (χ0n) is 19.7. The molecule has 0 saturated carbocycles. The van der Waals surface area contributed by atoms with Crippen LogP contribution in [-0.2, 0) is 16.0 Å². The molecule has 32 heavy (non-hydrogen) atoms.